The van der Waals surface area contributed by atoms with Gasteiger partial charge in [0.2, 0.25) is 5.91 Å². The number of benzene rings is 1. The predicted octanol–water partition coefficient (Wildman–Crippen LogP) is 1.46. The van der Waals surface area contributed by atoms with Crippen LogP contribution in [0.25, 0.3) is 0 Å². The van der Waals surface area contributed by atoms with Gasteiger partial charge in [-0.05, 0) is 13.0 Å². The summed E-state index contributed by atoms with van der Waals surface area (Å²) in [5, 5.41) is 12.9. The van der Waals surface area contributed by atoms with E-state index in [1.54, 1.807) is 14.0 Å². The lowest BCUT2D eigenvalue weighted by Crippen LogP contribution is -2.38. The monoisotopic (exact) mass is 299 g/mol. The van der Waals surface area contributed by atoms with Gasteiger partial charge in [-0.15, -0.1) is 0 Å². The molecule has 0 aliphatic carbocycles. The second-order valence-corrected chi connectivity index (χ2v) is 4.36. The van der Waals surface area contributed by atoms with Gasteiger partial charge in [0.1, 0.15) is 5.02 Å². The summed E-state index contributed by atoms with van der Waals surface area (Å²) < 4.78 is 0. The van der Waals surface area contributed by atoms with Gasteiger partial charge in [-0.3, -0.25) is 19.7 Å². The van der Waals surface area contributed by atoms with E-state index in [9.17, 15) is 19.7 Å². The number of hydrogen-bond donors (Lipinski definition) is 1. The highest BCUT2D eigenvalue weighted by Crippen LogP contribution is 2.27. The van der Waals surface area contributed by atoms with E-state index in [0.29, 0.717) is 6.54 Å². The van der Waals surface area contributed by atoms with Crippen molar-refractivity contribution in [2.75, 3.05) is 20.1 Å². The molecule has 0 aliphatic heterocycles. The minimum Gasteiger partial charge on any atom is -0.345 e. The first kappa shape index (κ1) is 15.9. The number of halogens is 1. The highest BCUT2D eigenvalue weighted by Gasteiger charge is 2.20. The number of nitrogens with zero attached hydrogens (tertiary/aromatic N) is 2. The van der Waals surface area contributed by atoms with Crippen LogP contribution in [0.2, 0.25) is 5.02 Å². The zero-order valence-electron chi connectivity index (χ0n) is 11.1. The van der Waals surface area contributed by atoms with Crippen molar-refractivity contribution in [3.8, 4) is 0 Å². The Morgan fingerprint density at radius 1 is 1.45 bits per heavy atom. The molecule has 1 aromatic rings. The minimum absolute atomic E-state index is 0.0344. The van der Waals surface area contributed by atoms with Crippen LogP contribution in [-0.4, -0.2) is 41.8 Å². The van der Waals surface area contributed by atoms with Crippen LogP contribution in [0.15, 0.2) is 18.2 Å². The van der Waals surface area contributed by atoms with Crippen molar-refractivity contribution >= 4 is 29.1 Å². The molecule has 0 aromatic heterocycles. The zero-order valence-corrected chi connectivity index (χ0v) is 11.8. The number of carbonyl (C=O) groups is 2. The Morgan fingerprint density at radius 3 is 2.65 bits per heavy atom. The van der Waals surface area contributed by atoms with Crippen LogP contribution in [0.5, 0.6) is 0 Å². The lowest BCUT2D eigenvalue weighted by Gasteiger charge is -2.14. The topological polar surface area (TPSA) is 92.6 Å². The van der Waals surface area contributed by atoms with Crippen LogP contribution in [0.3, 0.4) is 0 Å². The van der Waals surface area contributed by atoms with E-state index in [4.69, 9.17) is 11.6 Å². The van der Waals surface area contributed by atoms with Gasteiger partial charge in [0.05, 0.1) is 17.0 Å². The smallest absolute Gasteiger partial charge is 0.288 e. The van der Waals surface area contributed by atoms with Gasteiger partial charge >= 0.3 is 0 Å². The van der Waals surface area contributed by atoms with E-state index in [-0.39, 0.29) is 28.7 Å². The molecule has 0 unspecified atom stereocenters. The second-order valence-electron chi connectivity index (χ2n) is 3.99. The molecule has 0 saturated heterocycles. The van der Waals surface area contributed by atoms with E-state index in [1.807, 2.05) is 0 Å². The highest BCUT2D eigenvalue weighted by molar-refractivity contribution is 6.35. The van der Waals surface area contributed by atoms with E-state index in [2.05, 4.69) is 5.32 Å². The Kier molecular flexibility index (Phi) is 5.45. The summed E-state index contributed by atoms with van der Waals surface area (Å²) in [6.45, 7) is 2.13. The number of nitro groups is 1. The summed E-state index contributed by atoms with van der Waals surface area (Å²) >= 11 is 5.81. The lowest BCUT2D eigenvalue weighted by atomic mass is 10.2. The van der Waals surface area contributed by atoms with Crippen LogP contribution in [0.4, 0.5) is 5.69 Å². The molecule has 1 N–H and O–H groups in total. The summed E-state index contributed by atoms with van der Waals surface area (Å²) in [5.74, 6) is -0.890. The standard InChI is InChI=1S/C12H14ClN3O4/c1-3-15(2)10(17)7-14-12(18)8-5-4-6-9(11(8)13)16(19)20/h4-6H,3,7H2,1-2H3,(H,14,18). The predicted molar refractivity (Wildman–Crippen MR) is 73.8 cm³/mol. The van der Waals surface area contributed by atoms with E-state index < -0.39 is 10.8 Å². The molecule has 1 rings (SSSR count). The molecule has 0 atom stereocenters. The summed E-state index contributed by atoms with van der Waals surface area (Å²) in [6.07, 6.45) is 0. The number of rotatable bonds is 5. The minimum atomic E-state index is -0.672. The van der Waals surface area contributed by atoms with Gasteiger partial charge in [0.25, 0.3) is 11.6 Å². The van der Waals surface area contributed by atoms with Crippen molar-refractivity contribution in [2.24, 2.45) is 0 Å². The van der Waals surface area contributed by atoms with E-state index >= 15 is 0 Å². The Bertz CT molecular complexity index is 548. The van der Waals surface area contributed by atoms with Crippen molar-refractivity contribution in [1.29, 1.82) is 0 Å². The molecule has 0 saturated carbocycles. The summed E-state index contributed by atoms with van der Waals surface area (Å²) in [5.41, 5.74) is -0.385. The van der Waals surface area contributed by atoms with Gasteiger partial charge < -0.3 is 10.2 Å². The maximum atomic E-state index is 11.9. The Balaban J connectivity index is 2.81. The first-order valence-electron chi connectivity index (χ1n) is 5.83. The van der Waals surface area contributed by atoms with Crippen LogP contribution in [0.1, 0.15) is 17.3 Å². The van der Waals surface area contributed by atoms with Gasteiger partial charge in [0.15, 0.2) is 0 Å². The third kappa shape index (κ3) is 3.67. The molecule has 108 valence electrons. The van der Waals surface area contributed by atoms with E-state index in [0.717, 1.165) is 0 Å². The number of hydrogen-bond acceptors (Lipinski definition) is 4. The molecular formula is C12H14ClN3O4. The van der Waals surface area contributed by atoms with Gasteiger partial charge in [-0.25, -0.2) is 0 Å². The van der Waals surface area contributed by atoms with E-state index in [1.165, 1.54) is 23.1 Å². The maximum absolute atomic E-state index is 11.9. The summed E-state index contributed by atoms with van der Waals surface area (Å²) in [4.78, 5) is 34.9. The van der Waals surface area contributed by atoms with Crippen molar-refractivity contribution in [2.45, 2.75) is 6.92 Å². The molecule has 7 nitrogen and oxygen atoms in total. The molecule has 0 heterocycles. The Labute approximate surface area is 120 Å². The fraction of sp³-hybridized carbons (Fsp3) is 0.333. The molecule has 2 amide bonds. The summed E-state index contributed by atoms with van der Waals surface area (Å²) in [7, 11) is 1.61. The third-order valence-electron chi connectivity index (χ3n) is 2.72. The molecule has 0 bridgehead atoms. The zero-order chi connectivity index (χ0) is 15.3. The molecule has 0 fully saturated rings. The van der Waals surface area contributed by atoms with Crippen molar-refractivity contribution < 1.29 is 14.5 Å². The normalized spacial score (nSPS) is 9.95. The first-order chi connectivity index (χ1) is 9.38. The average molecular weight is 300 g/mol. The first-order valence-corrected chi connectivity index (χ1v) is 6.21. The maximum Gasteiger partial charge on any atom is 0.288 e. The van der Waals surface area contributed by atoms with Gasteiger partial charge in [-0.2, -0.15) is 0 Å². The molecule has 0 spiro atoms. The number of carbonyl (C=O) groups excluding carboxylic acids is 2. The second kappa shape index (κ2) is 6.85. The Hall–Kier alpha value is -2.15. The van der Waals surface area contributed by atoms with Crippen LogP contribution in [0, 0.1) is 10.1 Å². The van der Waals surface area contributed by atoms with Crippen molar-refractivity contribution in [3.05, 3.63) is 38.9 Å². The van der Waals surface area contributed by atoms with Crippen molar-refractivity contribution in [1.82, 2.24) is 10.2 Å². The quantitative estimate of drug-likeness (QED) is 0.658. The third-order valence-corrected chi connectivity index (χ3v) is 3.12. The Morgan fingerprint density at radius 2 is 2.10 bits per heavy atom. The average Bonchev–Trinajstić information content (AvgIpc) is 2.43. The fourth-order valence-corrected chi connectivity index (χ4v) is 1.68. The lowest BCUT2D eigenvalue weighted by molar-refractivity contribution is -0.384. The number of nitro benzene ring substituents is 1. The molecule has 0 aliphatic rings. The SMILES string of the molecule is CCN(C)C(=O)CNC(=O)c1cccc([N+](=O)[O-])c1Cl. The molecular weight excluding hydrogens is 286 g/mol. The molecule has 1 aromatic carbocycles. The van der Waals surface area contributed by atoms with Crippen molar-refractivity contribution in [3.63, 3.8) is 0 Å². The van der Waals surface area contributed by atoms with Crippen LogP contribution < -0.4 is 5.32 Å². The summed E-state index contributed by atoms with van der Waals surface area (Å²) in [6, 6.07) is 3.92. The van der Waals surface area contributed by atoms with Gasteiger partial charge in [0, 0.05) is 19.7 Å². The fourth-order valence-electron chi connectivity index (χ4n) is 1.40. The van der Waals surface area contributed by atoms with Crippen LogP contribution >= 0.6 is 11.6 Å². The molecule has 20 heavy (non-hydrogen) atoms. The largest absolute Gasteiger partial charge is 0.345 e. The molecule has 0 radical (unpaired) electrons. The number of nitrogens with one attached hydrogen (secondary N) is 1. The van der Waals surface area contributed by atoms with Gasteiger partial charge in [-0.1, -0.05) is 17.7 Å². The van der Waals surface area contributed by atoms with Crippen LogP contribution in [-0.2, 0) is 4.79 Å². The number of amides is 2. The number of likely N-dealkylation sites (N-methyl/N-ethyl adjacent to an activating group) is 1. The molecule has 8 heteroatoms. The highest BCUT2D eigenvalue weighted by atomic mass is 35.5.